The lowest BCUT2D eigenvalue weighted by molar-refractivity contribution is 0.0364. The molecular formula is C17H24ClN3O2. The number of ether oxygens (including phenoxy) is 1. The molecule has 1 aromatic carbocycles. The molecule has 0 aliphatic carbocycles. The summed E-state index contributed by atoms with van der Waals surface area (Å²) in [6.07, 6.45) is 1.86. The van der Waals surface area contributed by atoms with E-state index < -0.39 is 0 Å². The Morgan fingerprint density at radius 2 is 1.61 bits per heavy atom. The molecule has 0 saturated carbocycles. The van der Waals surface area contributed by atoms with Crippen molar-refractivity contribution in [3.63, 3.8) is 0 Å². The van der Waals surface area contributed by atoms with Crippen LogP contribution in [0.3, 0.4) is 0 Å². The van der Waals surface area contributed by atoms with Gasteiger partial charge >= 0.3 is 5.69 Å². The number of benzene rings is 1. The number of unbranched alkanes of at least 4 members (excludes halogenated alkanes) is 1. The number of fused-ring (bicyclic) bond motifs is 1. The Labute approximate surface area is 141 Å². The summed E-state index contributed by atoms with van der Waals surface area (Å²) >= 11 is 5.76. The van der Waals surface area contributed by atoms with Crippen LogP contribution in [0.2, 0.25) is 0 Å². The fourth-order valence-electron chi connectivity index (χ4n) is 3.14. The maximum Gasteiger partial charge on any atom is 0.329 e. The van der Waals surface area contributed by atoms with Crippen LogP contribution in [0.4, 0.5) is 0 Å². The van der Waals surface area contributed by atoms with Crippen molar-refractivity contribution >= 4 is 22.6 Å². The Morgan fingerprint density at radius 3 is 2.26 bits per heavy atom. The lowest BCUT2D eigenvalue weighted by Crippen LogP contribution is -2.39. The van der Waals surface area contributed by atoms with Crippen molar-refractivity contribution < 1.29 is 4.74 Å². The Bertz CT molecular complexity index is 689. The predicted octanol–water partition coefficient (Wildman–Crippen LogP) is 2.15. The summed E-state index contributed by atoms with van der Waals surface area (Å²) < 4.78 is 9.18. The van der Waals surface area contributed by atoms with Crippen molar-refractivity contribution in [3.8, 4) is 0 Å². The topological polar surface area (TPSA) is 39.4 Å². The van der Waals surface area contributed by atoms with Gasteiger partial charge in [0.05, 0.1) is 24.2 Å². The zero-order chi connectivity index (χ0) is 16.1. The minimum atomic E-state index is 0.0917. The SMILES string of the molecule is O=c1n(CCCCCl)c2ccccc2n1CCN1CCOCC1. The van der Waals surface area contributed by atoms with Crippen molar-refractivity contribution in [2.75, 3.05) is 38.7 Å². The Hall–Kier alpha value is -1.30. The van der Waals surface area contributed by atoms with E-state index in [2.05, 4.69) is 4.90 Å². The third kappa shape index (κ3) is 3.79. The number of rotatable bonds is 7. The second kappa shape index (κ2) is 7.99. The zero-order valence-corrected chi connectivity index (χ0v) is 14.2. The maximum atomic E-state index is 12.8. The second-order valence-electron chi connectivity index (χ2n) is 5.92. The van der Waals surface area contributed by atoms with Gasteiger partial charge in [0.25, 0.3) is 0 Å². The fourth-order valence-corrected chi connectivity index (χ4v) is 3.32. The van der Waals surface area contributed by atoms with E-state index in [4.69, 9.17) is 16.3 Å². The van der Waals surface area contributed by atoms with Gasteiger partial charge in [0, 0.05) is 38.6 Å². The molecule has 0 N–H and O–H groups in total. The van der Waals surface area contributed by atoms with Crippen LogP contribution in [0.1, 0.15) is 12.8 Å². The molecule has 0 amide bonds. The normalized spacial score (nSPS) is 16.2. The van der Waals surface area contributed by atoms with Gasteiger partial charge in [-0.25, -0.2) is 4.79 Å². The van der Waals surface area contributed by atoms with Gasteiger partial charge in [0.1, 0.15) is 0 Å². The fraction of sp³-hybridized carbons (Fsp3) is 0.588. The lowest BCUT2D eigenvalue weighted by Gasteiger charge is -2.26. The van der Waals surface area contributed by atoms with Crippen LogP contribution in [0, 0.1) is 0 Å². The smallest absolute Gasteiger partial charge is 0.329 e. The number of halogens is 1. The molecule has 126 valence electrons. The number of aromatic nitrogens is 2. The molecule has 1 aromatic heterocycles. The minimum Gasteiger partial charge on any atom is -0.379 e. The first-order valence-corrected chi connectivity index (χ1v) is 8.89. The van der Waals surface area contributed by atoms with Gasteiger partial charge in [0.2, 0.25) is 0 Å². The van der Waals surface area contributed by atoms with Gasteiger partial charge in [-0.15, -0.1) is 11.6 Å². The van der Waals surface area contributed by atoms with E-state index in [-0.39, 0.29) is 5.69 Å². The number of para-hydroxylation sites is 2. The first-order valence-electron chi connectivity index (χ1n) is 8.35. The van der Waals surface area contributed by atoms with E-state index in [1.807, 2.05) is 33.4 Å². The Kier molecular flexibility index (Phi) is 5.75. The van der Waals surface area contributed by atoms with Crippen LogP contribution in [0.25, 0.3) is 11.0 Å². The van der Waals surface area contributed by atoms with Crippen molar-refractivity contribution in [3.05, 3.63) is 34.7 Å². The van der Waals surface area contributed by atoms with E-state index in [1.165, 1.54) is 0 Å². The van der Waals surface area contributed by atoms with Crippen LogP contribution in [0.15, 0.2) is 29.1 Å². The monoisotopic (exact) mass is 337 g/mol. The summed E-state index contributed by atoms with van der Waals surface area (Å²) in [5, 5.41) is 0. The summed E-state index contributed by atoms with van der Waals surface area (Å²) in [6.45, 7) is 5.81. The number of imidazole rings is 1. The lowest BCUT2D eigenvalue weighted by atomic mass is 10.3. The van der Waals surface area contributed by atoms with Gasteiger partial charge in [-0.3, -0.25) is 14.0 Å². The van der Waals surface area contributed by atoms with Crippen molar-refractivity contribution in [1.82, 2.24) is 14.0 Å². The van der Waals surface area contributed by atoms with Crippen LogP contribution in [-0.2, 0) is 17.8 Å². The average Bonchev–Trinajstić information content (AvgIpc) is 2.86. The number of morpholine rings is 1. The van der Waals surface area contributed by atoms with Gasteiger partial charge < -0.3 is 4.74 Å². The number of nitrogens with zero attached hydrogens (tertiary/aromatic N) is 3. The molecule has 1 fully saturated rings. The molecule has 0 bridgehead atoms. The molecule has 1 aliphatic heterocycles. The standard InChI is InChI=1S/C17H24ClN3O2/c18-7-3-4-8-20-15-5-1-2-6-16(15)21(17(20)22)10-9-19-11-13-23-14-12-19/h1-2,5-6H,3-4,7-14H2. The van der Waals surface area contributed by atoms with E-state index in [0.29, 0.717) is 5.88 Å². The minimum absolute atomic E-state index is 0.0917. The Morgan fingerprint density at radius 1 is 0.957 bits per heavy atom. The molecule has 2 aromatic rings. The molecule has 5 nitrogen and oxygen atoms in total. The highest BCUT2D eigenvalue weighted by atomic mass is 35.5. The number of hydrogen-bond donors (Lipinski definition) is 0. The molecule has 23 heavy (non-hydrogen) atoms. The summed E-state index contributed by atoms with van der Waals surface area (Å²) in [5.41, 5.74) is 2.14. The highest BCUT2D eigenvalue weighted by Gasteiger charge is 2.15. The zero-order valence-electron chi connectivity index (χ0n) is 13.4. The van der Waals surface area contributed by atoms with Gasteiger partial charge in [-0.2, -0.15) is 0 Å². The van der Waals surface area contributed by atoms with Crippen molar-refractivity contribution in [2.24, 2.45) is 0 Å². The third-order valence-electron chi connectivity index (χ3n) is 4.43. The van der Waals surface area contributed by atoms with Gasteiger partial charge in [0.15, 0.2) is 0 Å². The summed E-state index contributed by atoms with van der Waals surface area (Å²) in [4.78, 5) is 15.2. The molecule has 0 atom stereocenters. The van der Waals surface area contributed by atoms with Gasteiger partial charge in [-0.05, 0) is 25.0 Å². The molecule has 0 spiro atoms. The molecule has 0 unspecified atom stereocenters. The highest BCUT2D eigenvalue weighted by molar-refractivity contribution is 6.17. The molecule has 0 radical (unpaired) electrons. The molecule has 3 rings (SSSR count). The van der Waals surface area contributed by atoms with E-state index in [9.17, 15) is 4.79 Å². The molecule has 1 aliphatic rings. The first kappa shape index (κ1) is 16.6. The molecule has 6 heteroatoms. The highest BCUT2D eigenvalue weighted by Crippen LogP contribution is 2.14. The van der Waals surface area contributed by atoms with Crippen LogP contribution < -0.4 is 5.69 Å². The van der Waals surface area contributed by atoms with Crippen LogP contribution >= 0.6 is 11.6 Å². The van der Waals surface area contributed by atoms with Crippen molar-refractivity contribution in [2.45, 2.75) is 25.9 Å². The van der Waals surface area contributed by atoms with Crippen molar-refractivity contribution in [1.29, 1.82) is 0 Å². The van der Waals surface area contributed by atoms with Crippen LogP contribution in [-0.4, -0.2) is 52.8 Å². The van der Waals surface area contributed by atoms with E-state index in [0.717, 1.165) is 69.8 Å². The first-order chi connectivity index (χ1) is 11.3. The molecular weight excluding hydrogens is 314 g/mol. The number of hydrogen-bond acceptors (Lipinski definition) is 3. The summed E-state index contributed by atoms with van der Waals surface area (Å²) in [5.74, 6) is 0.643. The molecule has 1 saturated heterocycles. The number of aryl methyl sites for hydroxylation is 1. The third-order valence-corrected chi connectivity index (χ3v) is 4.70. The molecule has 2 heterocycles. The quantitative estimate of drug-likeness (QED) is 0.574. The van der Waals surface area contributed by atoms with E-state index in [1.54, 1.807) is 0 Å². The average molecular weight is 338 g/mol. The predicted molar refractivity (Wildman–Crippen MR) is 93.4 cm³/mol. The van der Waals surface area contributed by atoms with E-state index >= 15 is 0 Å². The number of alkyl halides is 1. The summed E-state index contributed by atoms with van der Waals surface area (Å²) in [7, 11) is 0. The van der Waals surface area contributed by atoms with Crippen LogP contribution in [0.5, 0.6) is 0 Å². The second-order valence-corrected chi connectivity index (χ2v) is 6.30. The largest absolute Gasteiger partial charge is 0.379 e. The van der Waals surface area contributed by atoms with Gasteiger partial charge in [-0.1, -0.05) is 12.1 Å². The maximum absolute atomic E-state index is 12.8. The Balaban J connectivity index is 1.81. The summed E-state index contributed by atoms with van der Waals surface area (Å²) in [6, 6.07) is 8.05.